The molecular weight excluding hydrogens is 487 g/mol. The van der Waals surface area contributed by atoms with E-state index in [1.165, 1.54) is 11.1 Å². The van der Waals surface area contributed by atoms with Crippen molar-refractivity contribution >= 4 is 11.5 Å². The summed E-state index contributed by atoms with van der Waals surface area (Å²) in [5.41, 5.74) is 8.10. The molecule has 1 aromatic heterocycles. The summed E-state index contributed by atoms with van der Waals surface area (Å²) in [4.78, 5) is 19.8. The summed E-state index contributed by atoms with van der Waals surface area (Å²) in [6, 6.07) is 17.2. The van der Waals surface area contributed by atoms with Gasteiger partial charge in [-0.25, -0.2) is 4.39 Å². The topological polar surface area (TPSA) is 57.3 Å². The maximum atomic E-state index is 13.7. The predicted molar refractivity (Wildman–Crippen MR) is 153 cm³/mol. The number of benzene rings is 2. The van der Waals surface area contributed by atoms with Crippen molar-refractivity contribution in [3.63, 3.8) is 0 Å². The van der Waals surface area contributed by atoms with E-state index < -0.39 is 0 Å². The van der Waals surface area contributed by atoms with Crippen LogP contribution in [0.5, 0.6) is 0 Å². The van der Waals surface area contributed by atoms with E-state index >= 15 is 0 Å². The molecule has 1 atom stereocenters. The van der Waals surface area contributed by atoms with E-state index in [4.69, 9.17) is 0 Å². The Morgan fingerprint density at radius 2 is 1.64 bits per heavy atom. The zero-order valence-corrected chi connectivity index (χ0v) is 22.8. The van der Waals surface area contributed by atoms with Gasteiger partial charge in [0, 0.05) is 30.9 Å². The molecule has 6 rings (SSSR count). The molecule has 1 saturated carbocycles. The predicted octanol–water partition coefficient (Wildman–Crippen LogP) is 5.71. The molecule has 39 heavy (non-hydrogen) atoms. The van der Waals surface area contributed by atoms with Gasteiger partial charge in [0.15, 0.2) is 0 Å². The average molecular weight is 525 g/mol. The summed E-state index contributed by atoms with van der Waals surface area (Å²) in [6.07, 6.45) is 7.90. The summed E-state index contributed by atoms with van der Waals surface area (Å²) in [6.45, 7) is 6.33. The van der Waals surface area contributed by atoms with Crippen LogP contribution < -0.4 is 10.6 Å². The third kappa shape index (κ3) is 5.41. The van der Waals surface area contributed by atoms with Crippen molar-refractivity contribution < 1.29 is 9.18 Å². The Balaban J connectivity index is 1.18. The minimum Gasteiger partial charge on any atom is -0.345 e. The molecule has 3 aliphatic rings. The van der Waals surface area contributed by atoms with Crippen LogP contribution in [-0.2, 0) is 0 Å². The fraction of sp³-hybridized carbons (Fsp3) is 0.394. The molecule has 2 N–H and O–H groups in total. The first-order valence-corrected chi connectivity index (χ1v) is 14.1. The number of rotatable bonds is 6. The van der Waals surface area contributed by atoms with Crippen LogP contribution in [0.1, 0.15) is 77.2 Å². The summed E-state index contributed by atoms with van der Waals surface area (Å²) >= 11 is 0. The molecule has 3 fully saturated rings. The van der Waals surface area contributed by atoms with Gasteiger partial charge in [0.05, 0.1) is 11.6 Å². The Hall–Kier alpha value is -3.35. The molecule has 0 radical (unpaired) electrons. The van der Waals surface area contributed by atoms with E-state index in [2.05, 4.69) is 51.8 Å². The first-order chi connectivity index (χ1) is 18.9. The number of allylic oxidation sites excluding steroid dienone is 1. The van der Waals surface area contributed by atoms with Crippen molar-refractivity contribution in [2.45, 2.75) is 44.6 Å². The Morgan fingerprint density at radius 3 is 2.28 bits per heavy atom. The van der Waals surface area contributed by atoms with Gasteiger partial charge in [0.1, 0.15) is 5.82 Å². The molecule has 2 saturated heterocycles. The van der Waals surface area contributed by atoms with Gasteiger partial charge in [-0.1, -0.05) is 42.0 Å². The van der Waals surface area contributed by atoms with Gasteiger partial charge in [-0.05, 0) is 105 Å². The number of nitrogens with one attached hydrogen (secondary N) is 2. The quantitative estimate of drug-likeness (QED) is 0.434. The number of likely N-dealkylation sites (tertiary alicyclic amines) is 1. The molecular formula is C33H37FN4O. The minimum atomic E-state index is -0.217. The lowest BCUT2D eigenvalue weighted by molar-refractivity contribution is -0.0106. The highest BCUT2D eigenvalue weighted by Gasteiger charge is 2.49. The molecule has 1 aliphatic carbocycles. The highest BCUT2D eigenvalue weighted by Crippen LogP contribution is 2.54. The first kappa shape index (κ1) is 25.9. The number of amides is 1. The van der Waals surface area contributed by atoms with Crippen LogP contribution >= 0.6 is 0 Å². The highest BCUT2D eigenvalue weighted by atomic mass is 19.1. The van der Waals surface area contributed by atoms with Crippen LogP contribution in [0.15, 0.2) is 72.6 Å². The second-order valence-corrected chi connectivity index (χ2v) is 11.9. The third-order valence-corrected chi connectivity index (χ3v) is 8.75. The lowest BCUT2D eigenvalue weighted by Crippen LogP contribution is -2.58. The number of carbonyl (C=O) groups excluding carboxylic acids is 1. The van der Waals surface area contributed by atoms with E-state index in [1.807, 2.05) is 31.3 Å². The van der Waals surface area contributed by atoms with Crippen molar-refractivity contribution in [3.05, 3.63) is 106 Å². The number of carbonyl (C=O) groups is 1. The molecule has 0 bridgehead atoms. The molecule has 2 aliphatic heterocycles. The molecule has 3 heterocycles. The van der Waals surface area contributed by atoms with Gasteiger partial charge in [0.2, 0.25) is 0 Å². The lowest BCUT2D eigenvalue weighted by Gasteiger charge is -2.56. The molecule has 2 aromatic carbocycles. The number of pyridine rings is 1. The van der Waals surface area contributed by atoms with E-state index in [-0.39, 0.29) is 17.8 Å². The zero-order valence-electron chi connectivity index (χ0n) is 22.8. The highest BCUT2D eigenvalue weighted by molar-refractivity contribution is 5.94. The zero-order chi connectivity index (χ0) is 27.0. The number of halogens is 1. The number of aromatic nitrogens is 1. The first-order valence-electron chi connectivity index (χ1n) is 14.1. The monoisotopic (exact) mass is 524 g/mol. The fourth-order valence-corrected chi connectivity index (χ4v) is 6.81. The molecule has 3 aromatic rings. The van der Waals surface area contributed by atoms with Crippen molar-refractivity contribution in [2.24, 2.45) is 5.41 Å². The number of piperidine rings is 1. The molecule has 6 heteroatoms. The van der Waals surface area contributed by atoms with E-state index in [9.17, 15) is 9.18 Å². The summed E-state index contributed by atoms with van der Waals surface area (Å²) in [7, 11) is 2.17. The second kappa shape index (κ2) is 10.7. The molecule has 1 amide bonds. The van der Waals surface area contributed by atoms with Gasteiger partial charge >= 0.3 is 0 Å². The lowest BCUT2D eigenvalue weighted by atomic mass is 9.59. The number of hydrogen-bond donors (Lipinski definition) is 2. The average Bonchev–Trinajstić information content (AvgIpc) is 2.93. The van der Waals surface area contributed by atoms with Crippen molar-refractivity contribution in [2.75, 3.05) is 33.2 Å². The van der Waals surface area contributed by atoms with Gasteiger partial charge in [-0.3, -0.25) is 9.78 Å². The van der Waals surface area contributed by atoms with Crippen LogP contribution in [0.2, 0.25) is 0 Å². The standard InChI is InChI=1S/C33H37FN4O/c1-22(37-32(39)28-15-27(18-36-19-28)24-11-13-35-14-12-24)23-3-5-25(6-4-23)31(26-7-9-30(34)10-8-26)29-16-33(17-29)20-38(2)21-33/h3-10,15,18-19,22,24,35H,11-14,16-17,20-21H2,1-2H3,(H,37,39)/t22-/m1/s1. The number of nitrogens with zero attached hydrogens (tertiary/aromatic N) is 2. The molecule has 1 spiro atoms. The smallest absolute Gasteiger partial charge is 0.253 e. The summed E-state index contributed by atoms with van der Waals surface area (Å²) < 4.78 is 13.7. The summed E-state index contributed by atoms with van der Waals surface area (Å²) in [5.74, 6) is 0.135. The van der Waals surface area contributed by atoms with Gasteiger partial charge < -0.3 is 15.5 Å². The van der Waals surface area contributed by atoms with Crippen LogP contribution in [0, 0.1) is 11.2 Å². The Labute approximate surface area is 230 Å². The SMILES string of the molecule is C[C@@H](NC(=O)c1cncc(C2CCNCC2)c1)c1ccc(C(=C2CC3(C2)CN(C)C3)c2ccc(F)cc2)cc1. The summed E-state index contributed by atoms with van der Waals surface area (Å²) in [5, 5.41) is 6.55. The Morgan fingerprint density at radius 1 is 1.00 bits per heavy atom. The largest absolute Gasteiger partial charge is 0.345 e. The van der Waals surface area contributed by atoms with Gasteiger partial charge in [-0.15, -0.1) is 0 Å². The maximum Gasteiger partial charge on any atom is 0.253 e. The Kier molecular flexibility index (Phi) is 7.08. The van der Waals surface area contributed by atoms with Crippen molar-refractivity contribution in [1.29, 1.82) is 0 Å². The molecule has 202 valence electrons. The van der Waals surface area contributed by atoms with Crippen LogP contribution in [0.25, 0.3) is 5.57 Å². The van der Waals surface area contributed by atoms with E-state index in [0.29, 0.717) is 16.9 Å². The van der Waals surface area contributed by atoms with Gasteiger partial charge in [-0.2, -0.15) is 0 Å². The normalized spacial score (nSPS) is 19.7. The maximum absolute atomic E-state index is 13.7. The van der Waals surface area contributed by atoms with E-state index in [1.54, 1.807) is 18.3 Å². The Bertz CT molecular complexity index is 1360. The van der Waals surface area contributed by atoms with Crippen LogP contribution in [0.4, 0.5) is 4.39 Å². The molecule has 0 unspecified atom stereocenters. The van der Waals surface area contributed by atoms with Crippen LogP contribution in [0.3, 0.4) is 0 Å². The van der Waals surface area contributed by atoms with Crippen molar-refractivity contribution in [1.82, 2.24) is 20.5 Å². The van der Waals surface area contributed by atoms with E-state index in [0.717, 1.165) is 74.1 Å². The fourth-order valence-electron chi connectivity index (χ4n) is 6.81. The minimum absolute atomic E-state index is 0.103. The van der Waals surface area contributed by atoms with Crippen LogP contribution in [-0.4, -0.2) is 49.0 Å². The van der Waals surface area contributed by atoms with Crippen molar-refractivity contribution in [3.8, 4) is 0 Å². The van der Waals surface area contributed by atoms with Gasteiger partial charge in [0.25, 0.3) is 5.91 Å². The molecule has 5 nitrogen and oxygen atoms in total. The second-order valence-electron chi connectivity index (χ2n) is 11.9. The third-order valence-electron chi connectivity index (χ3n) is 8.75. The number of hydrogen-bond acceptors (Lipinski definition) is 4.